The number of phenolic OH excluding ortho intramolecular Hbond substituents is 1. The van der Waals surface area contributed by atoms with Crippen molar-refractivity contribution in [2.75, 3.05) is 19.0 Å². The van der Waals surface area contributed by atoms with E-state index in [1.54, 1.807) is 19.2 Å². The maximum absolute atomic E-state index is 13.6. The van der Waals surface area contributed by atoms with Gasteiger partial charge >= 0.3 is 29.6 Å². The zero-order valence-corrected chi connectivity index (χ0v) is 27.0. The summed E-state index contributed by atoms with van der Waals surface area (Å²) >= 11 is 0.338. The van der Waals surface area contributed by atoms with Crippen molar-refractivity contribution in [2.24, 2.45) is 0 Å². The molecule has 0 saturated carbocycles. The van der Waals surface area contributed by atoms with Crippen LogP contribution in [0.15, 0.2) is 94.7 Å². The molecule has 8 heteroatoms. The van der Waals surface area contributed by atoms with Crippen LogP contribution in [0.1, 0.15) is 39.2 Å². The van der Waals surface area contributed by atoms with Gasteiger partial charge in [-0.05, 0) is 76.2 Å². The van der Waals surface area contributed by atoms with Crippen LogP contribution in [-0.4, -0.2) is 29.1 Å². The standard InChI is InChI=1S/C33H34N2O4S.Na/c1-5-34-27-13-11-20-8-6-7-9-25(20)30(27)33(2,3)15-14-22-17-29(39-4)31(32(22)37)35-23-12-10-21-16-24(40-38)19-28(36)26(21)18-23;/h6-14,16,18-19,34-36,38H,5,15,17H2,1-4H3;/q;+1/b22-14-;. The number of ether oxygens (including phenoxy) is 1. The fraction of sp³-hybridized carbons (Fsp3) is 0.242. The first-order chi connectivity index (χ1) is 19.2. The van der Waals surface area contributed by atoms with Crippen LogP contribution in [0.4, 0.5) is 11.4 Å². The average molecular weight is 578 g/mol. The maximum Gasteiger partial charge on any atom is 1.00 e. The number of rotatable bonds is 9. The molecule has 1 aliphatic rings. The largest absolute Gasteiger partial charge is 1.00 e. The van der Waals surface area contributed by atoms with Crippen LogP contribution in [0, 0.1) is 0 Å². The number of anilines is 1. The fourth-order valence-corrected chi connectivity index (χ4v) is 5.92. The number of carbonyl (C=O) groups excluding carboxylic acids is 1. The zero-order chi connectivity index (χ0) is 28.4. The van der Waals surface area contributed by atoms with E-state index >= 15 is 0 Å². The van der Waals surface area contributed by atoms with E-state index in [4.69, 9.17) is 4.74 Å². The first-order valence-electron chi connectivity index (χ1n) is 13.5. The Kier molecular flexibility index (Phi) is 9.90. The molecule has 0 aliphatic heterocycles. The quantitative estimate of drug-likeness (QED) is 0.122. The molecule has 5 rings (SSSR count). The molecule has 206 valence electrons. The van der Waals surface area contributed by atoms with Crippen molar-refractivity contribution in [3.63, 3.8) is 0 Å². The molecule has 0 saturated heterocycles. The third kappa shape index (κ3) is 6.36. The Labute approximate surface area is 267 Å². The molecular formula is C33H34N2NaO4S+. The predicted molar refractivity (Wildman–Crippen MR) is 161 cm³/mol. The number of hydrogen-bond donors (Lipinski definition) is 3. The number of allylic oxidation sites excluding steroid dienone is 3. The van der Waals surface area contributed by atoms with Crippen molar-refractivity contribution in [3.8, 4) is 5.75 Å². The molecule has 0 bridgehead atoms. The van der Waals surface area contributed by atoms with Crippen molar-refractivity contribution in [3.05, 3.63) is 95.4 Å². The van der Waals surface area contributed by atoms with Gasteiger partial charge in [0.2, 0.25) is 5.78 Å². The summed E-state index contributed by atoms with van der Waals surface area (Å²) < 4.78 is 16.8. The average Bonchev–Trinajstić information content (AvgIpc) is 3.25. The summed E-state index contributed by atoms with van der Waals surface area (Å²) in [5, 5.41) is 19.7. The molecule has 0 radical (unpaired) electrons. The molecule has 1 aliphatic carbocycles. The van der Waals surface area contributed by atoms with Gasteiger partial charge in [0.15, 0.2) is 0 Å². The number of benzene rings is 4. The Bertz CT molecular complexity index is 1680. The molecule has 0 amide bonds. The summed E-state index contributed by atoms with van der Waals surface area (Å²) in [4.78, 5) is 14.0. The SMILES string of the molecule is CC[NH2+]c1ccc2ccccc2c1C(C)(C)C/C=C1/CC(OC)=C(Nc2ccc3cc(S[O-])cc(O)c3c2)C1=O.[Na+]. The first-order valence-corrected chi connectivity index (χ1v) is 14.2. The molecule has 41 heavy (non-hydrogen) atoms. The van der Waals surface area contributed by atoms with E-state index in [1.165, 1.54) is 28.1 Å². The molecule has 4 N–H and O–H groups in total. The summed E-state index contributed by atoms with van der Waals surface area (Å²) in [7, 11) is 1.58. The van der Waals surface area contributed by atoms with Gasteiger partial charge in [0.25, 0.3) is 0 Å². The molecular weight excluding hydrogens is 543 g/mol. The normalized spacial score (nSPS) is 14.7. The molecule has 0 aromatic heterocycles. The number of hydrogen-bond acceptors (Lipinski definition) is 6. The van der Waals surface area contributed by atoms with E-state index in [0.717, 1.165) is 11.9 Å². The van der Waals surface area contributed by atoms with Gasteiger partial charge in [-0.1, -0.05) is 50.3 Å². The third-order valence-electron chi connectivity index (χ3n) is 7.59. The fourth-order valence-electron chi connectivity index (χ4n) is 5.59. The Morgan fingerprint density at radius 3 is 2.56 bits per heavy atom. The summed E-state index contributed by atoms with van der Waals surface area (Å²) in [6, 6.07) is 21.4. The molecule has 0 heterocycles. The van der Waals surface area contributed by atoms with Gasteiger partial charge < -0.3 is 25.0 Å². The van der Waals surface area contributed by atoms with Gasteiger partial charge in [-0.15, -0.1) is 0 Å². The summed E-state index contributed by atoms with van der Waals surface area (Å²) in [6.07, 6.45) is 3.17. The van der Waals surface area contributed by atoms with E-state index in [0.29, 0.717) is 57.9 Å². The Morgan fingerprint density at radius 2 is 1.83 bits per heavy atom. The predicted octanol–water partition coefficient (Wildman–Crippen LogP) is 3.68. The van der Waals surface area contributed by atoms with Gasteiger partial charge in [0.1, 0.15) is 22.9 Å². The maximum atomic E-state index is 13.6. The van der Waals surface area contributed by atoms with Crippen molar-refractivity contribution in [2.45, 2.75) is 43.9 Å². The summed E-state index contributed by atoms with van der Waals surface area (Å²) in [5.74, 6) is 0.518. The Balaban J connectivity index is 0.00000387. The summed E-state index contributed by atoms with van der Waals surface area (Å²) in [5.41, 5.74) is 4.08. The third-order valence-corrected chi connectivity index (χ3v) is 8.02. The number of quaternary nitrogens is 1. The minimum absolute atomic E-state index is 0. The van der Waals surface area contributed by atoms with E-state index < -0.39 is 0 Å². The number of carbonyl (C=O) groups is 1. The number of nitrogens with one attached hydrogen (secondary N) is 1. The van der Waals surface area contributed by atoms with Crippen molar-refractivity contribution >= 4 is 50.7 Å². The van der Waals surface area contributed by atoms with Crippen LogP contribution >= 0.6 is 12.0 Å². The van der Waals surface area contributed by atoms with Crippen molar-refractivity contribution in [1.82, 2.24) is 0 Å². The van der Waals surface area contributed by atoms with Crippen LogP contribution < -0.4 is 40.2 Å². The second-order valence-corrected chi connectivity index (χ2v) is 11.4. The molecule has 0 atom stereocenters. The minimum atomic E-state index is -0.213. The number of methoxy groups -OCH3 is 1. The van der Waals surface area contributed by atoms with Crippen molar-refractivity contribution < 1.29 is 54.1 Å². The monoisotopic (exact) mass is 577 g/mol. The van der Waals surface area contributed by atoms with Crippen LogP contribution in [0.2, 0.25) is 0 Å². The number of phenols is 1. The topological polar surface area (TPSA) is 98.2 Å². The molecule has 0 unspecified atom stereocenters. The van der Waals surface area contributed by atoms with Crippen LogP contribution in [0.3, 0.4) is 0 Å². The number of nitrogens with two attached hydrogens (primary N) is 1. The summed E-state index contributed by atoms with van der Waals surface area (Å²) in [6.45, 7) is 7.57. The van der Waals surface area contributed by atoms with Gasteiger partial charge in [-0.2, -0.15) is 0 Å². The number of fused-ring (bicyclic) bond motifs is 2. The molecule has 4 aromatic rings. The number of Topliss-reactive ketones (excluding diaryl/α,β-unsaturated/α-hetero) is 1. The number of aromatic hydroxyl groups is 1. The second-order valence-electron chi connectivity index (χ2n) is 10.8. The minimum Gasteiger partial charge on any atom is -0.795 e. The Morgan fingerprint density at radius 1 is 1.07 bits per heavy atom. The molecule has 0 fully saturated rings. The molecule has 0 spiro atoms. The van der Waals surface area contributed by atoms with E-state index in [9.17, 15) is 14.5 Å². The zero-order valence-electron chi connectivity index (χ0n) is 24.2. The van der Waals surface area contributed by atoms with Crippen molar-refractivity contribution in [1.29, 1.82) is 0 Å². The Hall–Kier alpha value is -2.78. The van der Waals surface area contributed by atoms with E-state index in [1.807, 2.05) is 12.1 Å². The van der Waals surface area contributed by atoms with E-state index in [2.05, 4.69) is 73.9 Å². The molecule has 6 nitrogen and oxygen atoms in total. The van der Waals surface area contributed by atoms with Gasteiger partial charge in [-0.3, -0.25) is 4.79 Å². The molecule has 4 aromatic carbocycles. The van der Waals surface area contributed by atoms with Gasteiger partial charge in [0, 0.05) is 28.6 Å². The smallest absolute Gasteiger partial charge is 0.795 e. The van der Waals surface area contributed by atoms with Crippen LogP contribution in [0.5, 0.6) is 5.75 Å². The van der Waals surface area contributed by atoms with Gasteiger partial charge in [0.05, 0.1) is 13.7 Å². The second kappa shape index (κ2) is 13.0. The first kappa shape index (κ1) is 31.2. The van der Waals surface area contributed by atoms with Crippen LogP contribution in [-0.2, 0) is 14.9 Å². The van der Waals surface area contributed by atoms with Crippen LogP contribution in [0.25, 0.3) is 21.5 Å². The van der Waals surface area contributed by atoms with Gasteiger partial charge in [-0.25, -0.2) is 12.0 Å². The van der Waals surface area contributed by atoms with E-state index in [-0.39, 0.29) is 46.5 Å². The number of ketones is 1.